The van der Waals surface area contributed by atoms with E-state index in [0.29, 0.717) is 0 Å². The van der Waals surface area contributed by atoms with E-state index < -0.39 is 17.5 Å². The van der Waals surface area contributed by atoms with E-state index in [-0.39, 0.29) is 11.4 Å². The van der Waals surface area contributed by atoms with Crippen LogP contribution in [0.2, 0.25) is 0 Å². The van der Waals surface area contributed by atoms with Crippen molar-refractivity contribution in [2.45, 2.75) is 5.92 Å². The van der Waals surface area contributed by atoms with Gasteiger partial charge in [0.05, 0.1) is 6.07 Å². The highest BCUT2D eigenvalue weighted by molar-refractivity contribution is 5.99. The number of nitriles is 1. The summed E-state index contributed by atoms with van der Waals surface area (Å²) in [6.07, 6.45) is 2.80. The molecule has 0 aliphatic carbocycles. The molecule has 0 aliphatic heterocycles. The van der Waals surface area contributed by atoms with Crippen LogP contribution in [0.25, 0.3) is 0 Å². The monoisotopic (exact) mass is 241 g/mol. The molecular weight excluding hydrogens is 233 g/mol. The lowest BCUT2D eigenvalue weighted by Crippen LogP contribution is -2.15. The van der Waals surface area contributed by atoms with Gasteiger partial charge in [-0.25, -0.2) is 14.4 Å². The summed E-state index contributed by atoms with van der Waals surface area (Å²) in [6.45, 7) is 0. The molecule has 2 rings (SSSR count). The van der Waals surface area contributed by atoms with Crippen LogP contribution in [0.3, 0.4) is 0 Å². The first-order chi connectivity index (χ1) is 8.74. The van der Waals surface area contributed by atoms with E-state index in [0.717, 1.165) is 0 Å². The highest BCUT2D eigenvalue weighted by Gasteiger charge is 2.26. The molecule has 1 aromatic heterocycles. The molecule has 0 aliphatic rings. The summed E-state index contributed by atoms with van der Waals surface area (Å²) in [5, 5.41) is 9.04. The van der Waals surface area contributed by atoms with E-state index in [4.69, 9.17) is 5.26 Å². The number of hydrogen-bond donors (Lipinski definition) is 0. The molecule has 0 spiro atoms. The number of nitrogens with zero attached hydrogens (tertiary/aromatic N) is 3. The van der Waals surface area contributed by atoms with Gasteiger partial charge >= 0.3 is 0 Å². The summed E-state index contributed by atoms with van der Waals surface area (Å²) in [5.74, 6) is -2.52. The Hall–Kier alpha value is -2.61. The molecule has 2 aromatic rings. The minimum absolute atomic E-state index is 0.0393. The van der Waals surface area contributed by atoms with Gasteiger partial charge in [0.15, 0.2) is 5.82 Å². The average molecular weight is 241 g/mol. The van der Waals surface area contributed by atoms with Crippen LogP contribution in [0.15, 0.2) is 42.7 Å². The van der Waals surface area contributed by atoms with Gasteiger partial charge in [-0.15, -0.1) is 0 Å². The van der Waals surface area contributed by atoms with Gasteiger partial charge in [-0.2, -0.15) is 5.26 Å². The van der Waals surface area contributed by atoms with Gasteiger partial charge in [0.1, 0.15) is 11.7 Å². The van der Waals surface area contributed by atoms with Crippen molar-refractivity contribution >= 4 is 5.78 Å². The van der Waals surface area contributed by atoms with Gasteiger partial charge in [-0.3, -0.25) is 4.79 Å². The fourth-order valence-electron chi connectivity index (χ4n) is 1.53. The number of benzene rings is 1. The quantitative estimate of drug-likeness (QED) is 0.772. The van der Waals surface area contributed by atoms with Crippen molar-refractivity contribution < 1.29 is 9.18 Å². The predicted octanol–water partition coefficient (Wildman–Crippen LogP) is 2.11. The average Bonchev–Trinajstić information content (AvgIpc) is 2.42. The Balaban J connectivity index is 2.40. The fourth-order valence-corrected chi connectivity index (χ4v) is 1.53. The first-order valence-electron chi connectivity index (χ1n) is 5.19. The summed E-state index contributed by atoms with van der Waals surface area (Å²) < 4.78 is 13.6. The molecule has 0 N–H and O–H groups in total. The molecule has 1 heterocycles. The molecule has 1 atom stereocenters. The van der Waals surface area contributed by atoms with Crippen LogP contribution in [0.4, 0.5) is 4.39 Å². The third-order valence-electron chi connectivity index (χ3n) is 2.39. The zero-order valence-electron chi connectivity index (χ0n) is 9.25. The van der Waals surface area contributed by atoms with Crippen LogP contribution in [-0.2, 0) is 0 Å². The van der Waals surface area contributed by atoms with Gasteiger partial charge in [0.25, 0.3) is 0 Å². The normalized spacial score (nSPS) is 11.6. The number of carbonyl (C=O) groups excluding carboxylic acids is 1. The van der Waals surface area contributed by atoms with Crippen LogP contribution in [0.5, 0.6) is 0 Å². The Labute approximate surface area is 103 Å². The van der Waals surface area contributed by atoms with Crippen LogP contribution < -0.4 is 0 Å². The van der Waals surface area contributed by atoms with Crippen molar-refractivity contribution in [1.29, 1.82) is 5.26 Å². The molecule has 0 amide bonds. The molecule has 0 saturated heterocycles. The predicted molar refractivity (Wildman–Crippen MR) is 61.1 cm³/mol. The molecule has 0 fully saturated rings. The molecule has 0 saturated carbocycles. The summed E-state index contributed by atoms with van der Waals surface area (Å²) in [6, 6.07) is 9.03. The van der Waals surface area contributed by atoms with E-state index in [9.17, 15) is 9.18 Å². The maximum absolute atomic E-state index is 13.6. The van der Waals surface area contributed by atoms with Gasteiger partial charge in [-0.1, -0.05) is 18.2 Å². The second-order valence-electron chi connectivity index (χ2n) is 3.52. The Morgan fingerprint density at radius 1 is 1.22 bits per heavy atom. The zero-order valence-corrected chi connectivity index (χ0v) is 9.25. The minimum atomic E-state index is -1.23. The van der Waals surface area contributed by atoms with E-state index in [1.807, 2.05) is 0 Å². The molecule has 5 heteroatoms. The number of carbonyl (C=O) groups is 1. The Morgan fingerprint density at radius 3 is 2.50 bits per heavy atom. The minimum Gasteiger partial charge on any atom is -0.289 e. The highest BCUT2D eigenvalue weighted by Crippen LogP contribution is 2.21. The highest BCUT2D eigenvalue weighted by atomic mass is 19.1. The number of aromatic nitrogens is 2. The second kappa shape index (κ2) is 5.15. The summed E-state index contributed by atoms with van der Waals surface area (Å²) in [4.78, 5) is 19.6. The van der Waals surface area contributed by atoms with Gasteiger partial charge in [0.2, 0.25) is 5.78 Å². The van der Waals surface area contributed by atoms with Crippen molar-refractivity contribution in [2.75, 3.05) is 0 Å². The molecular formula is C13H8FN3O. The molecule has 88 valence electrons. The van der Waals surface area contributed by atoms with E-state index >= 15 is 0 Å². The molecule has 0 radical (unpaired) electrons. The van der Waals surface area contributed by atoms with Crippen LogP contribution in [0.1, 0.15) is 22.1 Å². The smallest absolute Gasteiger partial charge is 0.221 e. The zero-order chi connectivity index (χ0) is 13.0. The number of hydrogen-bond acceptors (Lipinski definition) is 4. The van der Waals surface area contributed by atoms with Gasteiger partial charge in [0, 0.05) is 18.0 Å². The largest absolute Gasteiger partial charge is 0.289 e. The van der Waals surface area contributed by atoms with Crippen molar-refractivity contribution in [3.05, 3.63) is 59.9 Å². The Kier molecular flexibility index (Phi) is 3.39. The van der Waals surface area contributed by atoms with Crippen molar-refractivity contribution in [1.82, 2.24) is 9.97 Å². The lowest BCUT2D eigenvalue weighted by atomic mass is 9.95. The molecule has 0 bridgehead atoms. The summed E-state index contributed by atoms with van der Waals surface area (Å²) in [5.41, 5.74) is 0.0393. The third kappa shape index (κ3) is 2.23. The maximum Gasteiger partial charge on any atom is 0.221 e. The van der Waals surface area contributed by atoms with Crippen LogP contribution in [0, 0.1) is 17.1 Å². The number of ketones is 1. The van der Waals surface area contributed by atoms with Crippen LogP contribution >= 0.6 is 0 Å². The molecule has 4 nitrogen and oxygen atoms in total. The van der Waals surface area contributed by atoms with E-state index in [2.05, 4.69) is 9.97 Å². The topological polar surface area (TPSA) is 66.6 Å². The first kappa shape index (κ1) is 11.9. The second-order valence-corrected chi connectivity index (χ2v) is 3.52. The number of rotatable bonds is 3. The van der Waals surface area contributed by atoms with Crippen molar-refractivity contribution in [3.8, 4) is 6.07 Å². The van der Waals surface area contributed by atoms with Crippen molar-refractivity contribution in [2.24, 2.45) is 0 Å². The molecule has 18 heavy (non-hydrogen) atoms. The standard InChI is InChI=1S/C13H8FN3O/c14-11-5-2-1-4-9(11)10(8-15)12(18)13-16-6-3-7-17-13/h1-7,10H. The summed E-state index contributed by atoms with van der Waals surface area (Å²) in [7, 11) is 0. The lowest BCUT2D eigenvalue weighted by Gasteiger charge is -2.07. The number of halogens is 1. The molecule has 1 aromatic carbocycles. The first-order valence-corrected chi connectivity index (χ1v) is 5.19. The fraction of sp³-hybridized carbons (Fsp3) is 0.0769. The van der Waals surface area contributed by atoms with E-state index in [1.165, 1.54) is 30.6 Å². The Bertz CT molecular complexity index is 607. The molecule has 1 unspecified atom stereocenters. The van der Waals surface area contributed by atoms with Crippen molar-refractivity contribution in [3.63, 3.8) is 0 Å². The third-order valence-corrected chi connectivity index (χ3v) is 2.39. The van der Waals surface area contributed by atoms with Gasteiger partial charge < -0.3 is 0 Å². The van der Waals surface area contributed by atoms with Crippen LogP contribution in [-0.4, -0.2) is 15.8 Å². The Morgan fingerprint density at radius 2 is 1.89 bits per heavy atom. The number of Topliss-reactive ketones (excluding diaryl/α,β-unsaturated/α-hetero) is 1. The SMILES string of the molecule is N#CC(C(=O)c1ncccn1)c1ccccc1F. The summed E-state index contributed by atoms with van der Waals surface area (Å²) >= 11 is 0. The maximum atomic E-state index is 13.6. The van der Waals surface area contributed by atoms with Gasteiger partial charge in [-0.05, 0) is 12.1 Å². The lowest BCUT2D eigenvalue weighted by molar-refractivity contribution is 0.0967. The van der Waals surface area contributed by atoms with E-state index in [1.54, 1.807) is 18.2 Å².